The highest BCUT2D eigenvalue weighted by molar-refractivity contribution is 5.85. The number of hydrogen-bond acceptors (Lipinski definition) is 3. The molecule has 122 valence electrons. The van der Waals surface area contributed by atoms with Crippen molar-refractivity contribution in [3.8, 4) is 0 Å². The van der Waals surface area contributed by atoms with Crippen molar-refractivity contribution in [3.63, 3.8) is 0 Å². The fourth-order valence-electron chi connectivity index (χ4n) is 2.53. The number of likely N-dealkylation sites (tertiary alicyclic amines) is 1. The summed E-state index contributed by atoms with van der Waals surface area (Å²) in [6, 6.07) is 7.22. The normalized spacial score (nSPS) is 16.8. The average molecular weight is 312 g/mol. The molecule has 1 aromatic carbocycles. The van der Waals surface area contributed by atoms with Gasteiger partial charge in [-0.3, -0.25) is 4.79 Å². The smallest absolute Gasteiger partial charge is 0.349 e. The maximum absolute atomic E-state index is 14.2. The Hall–Kier alpha value is -1.53. The molecule has 0 aromatic heterocycles. The molecule has 0 unspecified atom stereocenters. The maximum atomic E-state index is 14.2. The van der Waals surface area contributed by atoms with Crippen LogP contribution in [0.15, 0.2) is 30.3 Å². The van der Waals surface area contributed by atoms with Gasteiger partial charge in [-0.25, -0.2) is 0 Å². The summed E-state index contributed by atoms with van der Waals surface area (Å²) in [4.78, 5) is 13.3. The standard InChI is InChI=1S/C16H22F2N2O2/c17-16(18,13-5-2-1-3-6-13)15(21)20-10-7-14(8-11-20)22-12-4-9-19/h1-3,5-6,14H,4,7-12,19H2. The second-order valence-corrected chi connectivity index (χ2v) is 5.44. The number of amides is 1. The molecule has 1 saturated heterocycles. The molecule has 0 saturated carbocycles. The van der Waals surface area contributed by atoms with E-state index in [0.29, 0.717) is 39.1 Å². The molecule has 2 N–H and O–H groups in total. The lowest BCUT2D eigenvalue weighted by atomic mass is 10.0. The van der Waals surface area contributed by atoms with Gasteiger partial charge in [0.15, 0.2) is 0 Å². The third-order valence-corrected chi connectivity index (χ3v) is 3.84. The number of carbonyl (C=O) groups excluding carboxylic acids is 1. The van der Waals surface area contributed by atoms with E-state index in [4.69, 9.17) is 10.5 Å². The highest BCUT2D eigenvalue weighted by Gasteiger charge is 2.44. The molecule has 1 aliphatic rings. The molecule has 1 aliphatic heterocycles. The van der Waals surface area contributed by atoms with E-state index in [2.05, 4.69) is 0 Å². The first kappa shape index (κ1) is 16.8. The molecule has 0 aliphatic carbocycles. The molecule has 0 spiro atoms. The van der Waals surface area contributed by atoms with Gasteiger partial charge in [0.05, 0.1) is 6.10 Å². The van der Waals surface area contributed by atoms with E-state index in [1.807, 2.05) is 0 Å². The van der Waals surface area contributed by atoms with Gasteiger partial charge in [0, 0.05) is 25.3 Å². The zero-order chi connectivity index (χ0) is 16.0. The number of benzene rings is 1. The number of piperidine rings is 1. The Bertz CT molecular complexity index is 474. The fraction of sp³-hybridized carbons (Fsp3) is 0.562. The van der Waals surface area contributed by atoms with E-state index >= 15 is 0 Å². The van der Waals surface area contributed by atoms with Gasteiger partial charge >= 0.3 is 5.92 Å². The number of rotatable bonds is 6. The molecule has 4 nitrogen and oxygen atoms in total. The van der Waals surface area contributed by atoms with E-state index in [-0.39, 0.29) is 11.7 Å². The Kier molecular flexibility index (Phi) is 5.85. The van der Waals surface area contributed by atoms with Crippen LogP contribution in [0.5, 0.6) is 0 Å². The largest absolute Gasteiger partial charge is 0.378 e. The van der Waals surface area contributed by atoms with Crippen LogP contribution in [-0.4, -0.2) is 43.2 Å². The summed E-state index contributed by atoms with van der Waals surface area (Å²) in [6.45, 7) is 1.75. The summed E-state index contributed by atoms with van der Waals surface area (Å²) in [7, 11) is 0. The minimum atomic E-state index is -3.48. The molecular weight excluding hydrogens is 290 g/mol. The van der Waals surface area contributed by atoms with E-state index in [1.165, 1.54) is 29.2 Å². The SMILES string of the molecule is NCCCOC1CCN(C(=O)C(F)(F)c2ccccc2)CC1. The Morgan fingerprint density at radius 1 is 1.27 bits per heavy atom. The average Bonchev–Trinajstić information content (AvgIpc) is 2.56. The van der Waals surface area contributed by atoms with E-state index in [0.717, 1.165) is 6.42 Å². The van der Waals surface area contributed by atoms with Crippen LogP contribution in [0.2, 0.25) is 0 Å². The quantitative estimate of drug-likeness (QED) is 0.819. The van der Waals surface area contributed by atoms with Crippen molar-refractivity contribution >= 4 is 5.91 Å². The van der Waals surface area contributed by atoms with Crippen molar-refractivity contribution in [2.45, 2.75) is 31.3 Å². The first-order valence-electron chi connectivity index (χ1n) is 7.60. The van der Waals surface area contributed by atoms with Crippen LogP contribution in [0.4, 0.5) is 8.78 Å². The van der Waals surface area contributed by atoms with Gasteiger partial charge in [-0.15, -0.1) is 0 Å². The number of hydrogen-bond donors (Lipinski definition) is 1. The van der Waals surface area contributed by atoms with Gasteiger partial charge < -0.3 is 15.4 Å². The van der Waals surface area contributed by atoms with Crippen molar-refractivity contribution in [3.05, 3.63) is 35.9 Å². The molecule has 1 aromatic rings. The van der Waals surface area contributed by atoms with Gasteiger partial charge in [-0.1, -0.05) is 30.3 Å². The van der Waals surface area contributed by atoms with Crippen molar-refractivity contribution in [1.29, 1.82) is 0 Å². The first-order chi connectivity index (χ1) is 10.6. The molecular formula is C16H22F2N2O2. The molecule has 1 amide bonds. The van der Waals surface area contributed by atoms with Crippen LogP contribution in [0.25, 0.3) is 0 Å². The van der Waals surface area contributed by atoms with Gasteiger partial charge in [0.1, 0.15) is 0 Å². The molecule has 1 fully saturated rings. The number of carbonyl (C=O) groups is 1. The Labute approximate surface area is 129 Å². The zero-order valence-corrected chi connectivity index (χ0v) is 12.5. The molecule has 2 rings (SSSR count). The number of alkyl halides is 2. The summed E-state index contributed by atoms with van der Waals surface area (Å²) in [5, 5.41) is 0. The molecule has 22 heavy (non-hydrogen) atoms. The molecule has 0 atom stereocenters. The Morgan fingerprint density at radius 2 is 1.91 bits per heavy atom. The third-order valence-electron chi connectivity index (χ3n) is 3.84. The van der Waals surface area contributed by atoms with Gasteiger partial charge in [-0.2, -0.15) is 8.78 Å². The van der Waals surface area contributed by atoms with Crippen LogP contribution >= 0.6 is 0 Å². The topological polar surface area (TPSA) is 55.6 Å². The van der Waals surface area contributed by atoms with Crippen LogP contribution in [0, 0.1) is 0 Å². The number of nitrogens with two attached hydrogens (primary N) is 1. The van der Waals surface area contributed by atoms with Crippen LogP contribution in [0.3, 0.4) is 0 Å². The highest BCUT2D eigenvalue weighted by atomic mass is 19.3. The van der Waals surface area contributed by atoms with Crippen molar-refractivity contribution in [2.24, 2.45) is 5.73 Å². The van der Waals surface area contributed by atoms with E-state index in [9.17, 15) is 13.6 Å². The highest BCUT2D eigenvalue weighted by Crippen LogP contribution is 2.31. The molecule has 0 radical (unpaired) electrons. The summed E-state index contributed by atoms with van der Waals surface area (Å²) < 4.78 is 34.1. The fourth-order valence-corrected chi connectivity index (χ4v) is 2.53. The predicted molar refractivity (Wildman–Crippen MR) is 79.6 cm³/mol. The van der Waals surface area contributed by atoms with Crippen LogP contribution in [0.1, 0.15) is 24.8 Å². The Morgan fingerprint density at radius 3 is 2.50 bits per heavy atom. The van der Waals surface area contributed by atoms with Gasteiger partial charge in [0.2, 0.25) is 0 Å². The first-order valence-corrected chi connectivity index (χ1v) is 7.60. The summed E-state index contributed by atoms with van der Waals surface area (Å²) in [6.07, 6.45) is 1.98. The van der Waals surface area contributed by atoms with Crippen molar-refractivity contribution in [1.82, 2.24) is 4.90 Å². The monoisotopic (exact) mass is 312 g/mol. The molecule has 0 bridgehead atoms. The van der Waals surface area contributed by atoms with E-state index in [1.54, 1.807) is 6.07 Å². The van der Waals surface area contributed by atoms with Gasteiger partial charge in [-0.05, 0) is 25.8 Å². The van der Waals surface area contributed by atoms with Gasteiger partial charge in [0.25, 0.3) is 5.91 Å². The summed E-state index contributed by atoms with van der Waals surface area (Å²) in [5.41, 5.74) is 5.13. The second kappa shape index (κ2) is 7.65. The molecule has 1 heterocycles. The Balaban J connectivity index is 1.89. The summed E-state index contributed by atoms with van der Waals surface area (Å²) in [5.74, 6) is -4.60. The number of ether oxygens (including phenoxy) is 1. The molecule has 6 heteroatoms. The predicted octanol–water partition coefficient (Wildman–Crippen LogP) is 2.13. The lowest BCUT2D eigenvalue weighted by Crippen LogP contribution is -2.47. The lowest BCUT2D eigenvalue weighted by Gasteiger charge is -2.34. The number of nitrogens with zero attached hydrogens (tertiary/aromatic N) is 1. The van der Waals surface area contributed by atoms with E-state index < -0.39 is 11.8 Å². The van der Waals surface area contributed by atoms with Crippen molar-refractivity contribution < 1.29 is 18.3 Å². The number of halogens is 2. The third kappa shape index (κ3) is 4.01. The zero-order valence-electron chi connectivity index (χ0n) is 12.5. The second-order valence-electron chi connectivity index (χ2n) is 5.44. The minimum Gasteiger partial charge on any atom is -0.378 e. The van der Waals surface area contributed by atoms with Crippen LogP contribution < -0.4 is 5.73 Å². The van der Waals surface area contributed by atoms with Crippen LogP contribution in [-0.2, 0) is 15.5 Å². The van der Waals surface area contributed by atoms with Crippen molar-refractivity contribution in [2.75, 3.05) is 26.2 Å². The lowest BCUT2D eigenvalue weighted by molar-refractivity contribution is -0.161. The minimum absolute atomic E-state index is 0.0287. The summed E-state index contributed by atoms with van der Waals surface area (Å²) >= 11 is 0. The maximum Gasteiger partial charge on any atom is 0.349 e.